The van der Waals surface area contributed by atoms with Gasteiger partial charge in [0.1, 0.15) is 11.5 Å². The highest BCUT2D eigenvalue weighted by atomic mass is 32.2. The van der Waals surface area contributed by atoms with Gasteiger partial charge in [-0.25, -0.2) is 0 Å². The van der Waals surface area contributed by atoms with Crippen LogP contribution in [0.1, 0.15) is 11.1 Å². The Morgan fingerprint density at radius 2 is 1.92 bits per heavy atom. The highest BCUT2D eigenvalue weighted by Crippen LogP contribution is 2.25. The van der Waals surface area contributed by atoms with E-state index in [0.29, 0.717) is 23.8 Å². The smallest absolute Gasteiger partial charge is 0.234 e. The van der Waals surface area contributed by atoms with Gasteiger partial charge in [0.15, 0.2) is 0 Å². The Balaban J connectivity index is 1.71. The highest BCUT2D eigenvalue weighted by Gasteiger charge is 2.08. The van der Waals surface area contributed by atoms with E-state index in [4.69, 9.17) is 9.47 Å². The van der Waals surface area contributed by atoms with E-state index in [1.54, 1.807) is 18.9 Å². The maximum atomic E-state index is 12.0. The minimum atomic E-state index is -0.0422. The largest absolute Gasteiger partial charge is 0.495 e. The van der Waals surface area contributed by atoms with Crippen molar-refractivity contribution < 1.29 is 14.3 Å². The quantitative estimate of drug-likeness (QED) is 0.733. The van der Waals surface area contributed by atoms with Crippen molar-refractivity contribution in [2.24, 2.45) is 0 Å². The second-order valence-corrected chi connectivity index (χ2v) is 6.57. The number of methoxy groups -OCH3 is 1. The number of ether oxygens (including phenoxy) is 2. The predicted molar refractivity (Wildman–Crippen MR) is 100 cm³/mol. The summed E-state index contributed by atoms with van der Waals surface area (Å²) in [4.78, 5) is 12.0. The van der Waals surface area contributed by atoms with Crippen molar-refractivity contribution >= 4 is 23.4 Å². The molecule has 0 aliphatic carbocycles. The van der Waals surface area contributed by atoms with Crippen LogP contribution in [0.2, 0.25) is 0 Å². The number of hydrogen-bond acceptors (Lipinski definition) is 4. The van der Waals surface area contributed by atoms with Crippen molar-refractivity contribution in [3.63, 3.8) is 0 Å². The van der Waals surface area contributed by atoms with Crippen molar-refractivity contribution in [1.29, 1.82) is 0 Å². The molecule has 0 heterocycles. The highest BCUT2D eigenvalue weighted by molar-refractivity contribution is 7.99. The maximum absolute atomic E-state index is 12.0. The molecule has 4 nitrogen and oxygen atoms in total. The van der Waals surface area contributed by atoms with Crippen molar-refractivity contribution in [2.45, 2.75) is 13.8 Å². The molecule has 2 rings (SSSR count). The summed E-state index contributed by atoms with van der Waals surface area (Å²) < 4.78 is 10.9. The predicted octanol–water partition coefficient (Wildman–Crippen LogP) is 4.06. The number of thioether (sulfide) groups is 1. The minimum Gasteiger partial charge on any atom is -0.495 e. The molecule has 5 heteroatoms. The topological polar surface area (TPSA) is 47.6 Å². The number of anilines is 1. The zero-order valence-corrected chi connectivity index (χ0v) is 15.1. The first-order chi connectivity index (χ1) is 11.6. The summed E-state index contributed by atoms with van der Waals surface area (Å²) in [6.45, 7) is 4.59. The third kappa shape index (κ3) is 5.81. The summed E-state index contributed by atoms with van der Waals surface area (Å²) in [6, 6.07) is 13.7. The Morgan fingerprint density at radius 3 is 2.67 bits per heavy atom. The van der Waals surface area contributed by atoms with Gasteiger partial charge in [0.05, 0.1) is 25.2 Å². The van der Waals surface area contributed by atoms with Gasteiger partial charge >= 0.3 is 0 Å². The first-order valence-electron chi connectivity index (χ1n) is 7.80. The van der Waals surface area contributed by atoms with E-state index < -0.39 is 0 Å². The van der Waals surface area contributed by atoms with Crippen LogP contribution in [0.5, 0.6) is 11.5 Å². The molecule has 0 aliphatic heterocycles. The van der Waals surface area contributed by atoms with Crippen LogP contribution in [-0.2, 0) is 4.79 Å². The molecular formula is C19H23NO3S. The molecule has 0 aliphatic rings. The first-order valence-corrected chi connectivity index (χ1v) is 8.95. The van der Waals surface area contributed by atoms with Crippen LogP contribution in [0, 0.1) is 13.8 Å². The fraction of sp³-hybridized carbons (Fsp3) is 0.316. The SMILES string of the molecule is COc1ccc(C)cc1NC(=O)CSCCOc1cccc(C)c1. The van der Waals surface area contributed by atoms with Gasteiger partial charge in [-0.2, -0.15) is 0 Å². The summed E-state index contributed by atoms with van der Waals surface area (Å²) >= 11 is 1.54. The third-order valence-corrected chi connectivity index (χ3v) is 4.27. The number of carbonyl (C=O) groups excluding carboxylic acids is 1. The van der Waals surface area contributed by atoms with Gasteiger partial charge in [0.25, 0.3) is 0 Å². The standard InChI is InChI=1S/C19H23NO3S/c1-14-5-4-6-16(11-14)23-9-10-24-13-19(21)20-17-12-15(2)7-8-18(17)22-3/h4-8,11-12H,9-10,13H2,1-3H3,(H,20,21). The lowest BCUT2D eigenvalue weighted by molar-refractivity contribution is -0.113. The van der Waals surface area contributed by atoms with Gasteiger partial charge in [-0.1, -0.05) is 18.2 Å². The molecule has 1 N–H and O–H groups in total. The van der Waals surface area contributed by atoms with Crippen molar-refractivity contribution in [3.8, 4) is 11.5 Å². The lowest BCUT2D eigenvalue weighted by atomic mass is 10.2. The molecule has 0 unspecified atom stereocenters. The molecule has 0 spiro atoms. The molecule has 0 radical (unpaired) electrons. The molecule has 0 fully saturated rings. The van der Waals surface area contributed by atoms with Crippen LogP contribution in [0.3, 0.4) is 0 Å². The Hall–Kier alpha value is -2.14. The lowest BCUT2D eigenvalue weighted by Crippen LogP contribution is -2.16. The van der Waals surface area contributed by atoms with E-state index in [0.717, 1.165) is 17.1 Å². The second kappa shape index (κ2) is 9.23. The summed E-state index contributed by atoms with van der Waals surface area (Å²) in [5.74, 6) is 2.63. The fourth-order valence-corrected chi connectivity index (χ4v) is 2.80. The van der Waals surface area contributed by atoms with Crippen LogP contribution in [0.25, 0.3) is 0 Å². The van der Waals surface area contributed by atoms with Gasteiger partial charge in [-0.15, -0.1) is 11.8 Å². The number of rotatable bonds is 8. The summed E-state index contributed by atoms with van der Waals surface area (Å²) in [5, 5.41) is 2.89. The van der Waals surface area contributed by atoms with Crippen molar-refractivity contribution in [1.82, 2.24) is 0 Å². The number of aryl methyl sites for hydroxylation is 2. The van der Waals surface area contributed by atoms with E-state index in [9.17, 15) is 4.79 Å². The third-order valence-electron chi connectivity index (χ3n) is 3.35. The lowest BCUT2D eigenvalue weighted by Gasteiger charge is -2.11. The Kier molecular flexibility index (Phi) is 7.00. The Labute approximate surface area is 147 Å². The van der Waals surface area contributed by atoms with Gasteiger partial charge in [-0.3, -0.25) is 4.79 Å². The molecule has 0 aromatic heterocycles. The fourth-order valence-electron chi connectivity index (χ4n) is 2.19. The number of nitrogens with one attached hydrogen (secondary N) is 1. The maximum Gasteiger partial charge on any atom is 0.234 e. The zero-order chi connectivity index (χ0) is 17.4. The van der Waals surface area contributed by atoms with E-state index in [2.05, 4.69) is 5.32 Å². The average Bonchev–Trinajstić information content (AvgIpc) is 2.55. The normalized spacial score (nSPS) is 10.3. The molecule has 1 amide bonds. The van der Waals surface area contributed by atoms with Crippen LogP contribution in [0.15, 0.2) is 42.5 Å². The van der Waals surface area contributed by atoms with Crippen LogP contribution >= 0.6 is 11.8 Å². The molecular weight excluding hydrogens is 322 g/mol. The van der Waals surface area contributed by atoms with E-state index >= 15 is 0 Å². The van der Waals surface area contributed by atoms with Crippen LogP contribution in [0.4, 0.5) is 5.69 Å². The van der Waals surface area contributed by atoms with Gasteiger partial charge in [0, 0.05) is 5.75 Å². The average molecular weight is 345 g/mol. The zero-order valence-electron chi connectivity index (χ0n) is 14.3. The van der Waals surface area contributed by atoms with Crippen LogP contribution in [-0.4, -0.2) is 31.1 Å². The number of amides is 1. The van der Waals surface area contributed by atoms with Gasteiger partial charge < -0.3 is 14.8 Å². The number of hydrogen-bond donors (Lipinski definition) is 1. The van der Waals surface area contributed by atoms with Gasteiger partial charge in [-0.05, 0) is 49.2 Å². The first kappa shape index (κ1) is 18.2. The molecule has 0 atom stereocenters. The summed E-state index contributed by atoms with van der Waals surface area (Å²) in [7, 11) is 1.59. The molecule has 24 heavy (non-hydrogen) atoms. The monoisotopic (exact) mass is 345 g/mol. The molecule has 0 bridgehead atoms. The molecule has 0 saturated heterocycles. The molecule has 128 valence electrons. The van der Waals surface area contributed by atoms with E-state index in [1.165, 1.54) is 5.56 Å². The van der Waals surface area contributed by atoms with E-state index in [-0.39, 0.29) is 5.91 Å². The van der Waals surface area contributed by atoms with Gasteiger partial charge in [0.2, 0.25) is 5.91 Å². The number of benzene rings is 2. The van der Waals surface area contributed by atoms with Crippen molar-refractivity contribution in [2.75, 3.05) is 30.5 Å². The summed E-state index contributed by atoms with van der Waals surface area (Å²) in [6.07, 6.45) is 0. The molecule has 2 aromatic rings. The summed E-state index contributed by atoms with van der Waals surface area (Å²) in [5.41, 5.74) is 2.95. The van der Waals surface area contributed by atoms with Crippen LogP contribution < -0.4 is 14.8 Å². The minimum absolute atomic E-state index is 0.0422. The molecule has 2 aromatic carbocycles. The Bertz CT molecular complexity index is 688. The Morgan fingerprint density at radius 1 is 1.12 bits per heavy atom. The second-order valence-electron chi connectivity index (χ2n) is 5.47. The number of carbonyl (C=O) groups is 1. The van der Waals surface area contributed by atoms with E-state index in [1.807, 2.05) is 56.3 Å². The molecule has 0 saturated carbocycles. The van der Waals surface area contributed by atoms with Crippen molar-refractivity contribution in [3.05, 3.63) is 53.6 Å².